The fourth-order valence-corrected chi connectivity index (χ4v) is 13.0. The van der Waals surface area contributed by atoms with Crippen LogP contribution in [0, 0.1) is 0 Å². The highest BCUT2D eigenvalue weighted by Crippen LogP contribution is 2.61. The first-order valence-corrected chi connectivity index (χ1v) is 25.4. The largest absolute Gasteiger partial charge is 0.309 e. The van der Waals surface area contributed by atoms with Gasteiger partial charge in [-0.15, -0.1) is 0 Å². The summed E-state index contributed by atoms with van der Waals surface area (Å²) in [6.45, 7) is 0. The second-order valence-corrected chi connectivity index (χ2v) is 19.4. The monoisotopic (exact) mass is 927 g/mol. The second-order valence-electron chi connectivity index (χ2n) is 19.4. The minimum Gasteiger partial charge on any atom is -0.309 e. The lowest BCUT2D eigenvalue weighted by atomic mass is 9.67. The van der Waals surface area contributed by atoms with Crippen LogP contribution in [-0.4, -0.2) is 0 Å². The van der Waals surface area contributed by atoms with E-state index in [0.29, 0.717) is 0 Å². The molecule has 1 heteroatoms. The molecule has 0 unspecified atom stereocenters. The molecule has 0 fully saturated rings. The van der Waals surface area contributed by atoms with Crippen molar-refractivity contribution in [1.82, 2.24) is 0 Å². The van der Waals surface area contributed by atoms with Gasteiger partial charge in [-0.3, -0.25) is 0 Å². The average molecular weight is 928 g/mol. The molecule has 0 saturated heterocycles. The number of fused-ring (bicyclic) bond motifs is 7. The van der Waals surface area contributed by atoms with Gasteiger partial charge in [0.05, 0.1) is 22.2 Å². The van der Waals surface area contributed by atoms with Crippen molar-refractivity contribution < 1.29 is 0 Å². The van der Waals surface area contributed by atoms with Crippen LogP contribution in [-0.2, 0) is 10.8 Å². The Balaban J connectivity index is 1.06. The normalized spacial score (nSPS) is 13.4. The quantitative estimate of drug-likeness (QED) is 0.139. The molecule has 0 radical (unpaired) electrons. The summed E-state index contributed by atoms with van der Waals surface area (Å²) < 4.78 is 0. The van der Waals surface area contributed by atoms with Crippen molar-refractivity contribution in [1.29, 1.82) is 0 Å². The van der Waals surface area contributed by atoms with Gasteiger partial charge in [0.25, 0.3) is 0 Å². The lowest BCUT2D eigenvalue weighted by Gasteiger charge is -2.35. The first-order valence-electron chi connectivity index (χ1n) is 25.4. The standard InChI is InChI=1S/C72H49N/c1-5-24-50(25-6-1)57-38-21-26-51-27-22-39-61(69(51)57)60-36-16-20-44-67(60)73(56-48-46-55(47-49-56)71(52-28-7-2-8-29-52)63-40-17-13-34-58(63)59-35-14-18-41-64(59)71)68-45-23-43-66-70(68)62-37-15-19-42-65(62)72(66,53-30-9-3-10-31-53)54-32-11-4-12-33-54/h1-49H. The van der Waals surface area contributed by atoms with Crippen molar-refractivity contribution in [3.8, 4) is 44.5 Å². The predicted octanol–water partition coefficient (Wildman–Crippen LogP) is 18.4. The number of hydrogen-bond acceptors (Lipinski definition) is 1. The van der Waals surface area contributed by atoms with E-state index in [9.17, 15) is 0 Å². The molecule has 0 N–H and O–H groups in total. The smallest absolute Gasteiger partial charge is 0.0714 e. The summed E-state index contributed by atoms with van der Waals surface area (Å²) in [6, 6.07) is 110. The van der Waals surface area contributed by atoms with Crippen LogP contribution < -0.4 is 4.90 Å². The Kier molecular flexibility index (Phi) is 10.0. The van der Waals surface area contributed by atoms with Crippen molar-refractivity contribution >= 4 is 27.8 Å². The summed E-state index contributed by atoms with van der Waals surface area (Å²) in [5.74, 6) is 0. The van der Waals surface area contributed by atoms with E-state index in [1.54, 1.807) is 0 Å². The molecule has 0 atom stereocenters. The molecular formula is C72H49N. The van der Waals surface area contributed by atoms with E-state index in [1.807, 2.05) is 0 Å². The lowest BCUT2D eigenvalue weighted by molar-refractivity contribution is 0.768. The maximum Gasteiger partial charge on any atom is 0.0714 e. The third-order valence-electron chi connectivity index (χ3n) is 15.8. The topological polar surface area (TPSA) is 3.24 Å². The highest BCUT2D eigenvalue weighted by molar-refractivity contribution is 6.09. The highest BCUT2D eigenvalue weighted by atomic mass is 15.1. The Morgan fingerprint density at radius 1 is 0.233 bits per heavy atom. The Morgan fingerprint density at radius 2 is 0.616 bits per heavy atom. The van der Waals surface area contributed by atoms with E-state index in [1.165, 1.54) is 94.2 Å². The fraction of sp³-hybridized carbons (Fsp3) is 0.0278. The van der Waals surface area contributed by atoms with Gasteiger partial charge in [0.2, 0.25) is 0 Å². The zero-order valence-corrected chi connectivity index (χ0v) is 40.2. The SMILES string of the molecule is c1ccc(-c2cccc3cccc(-c4ccccc4N(c4ccc(C5(c6ccccc6)c6ccccc6-c6ccccc65)cc4)c4cccc5c4-c4ccccc4C5(c4ccccc4)c4ccccc4)c23)cc1. The predicted molar refractivity (Wildman–Crippen MR) is 304 cm³/mol. The summed E-state index contributed by atoms with van der Waals surface area (Å²) in [5, 5.41) is 2.44. The van der Waals surface area contributed by atoms with Crippen LogP contribution in [0.4, 0.5) is 17.1 Å². The molecule has 1 nitrogen and oxygen atoms in total. The summed E-state index contributed by atoms with van der Waals surface area (Å²) in [4.78, 5) is 2.55. The van der Waals surface area contributed by atoms with Gasteiger partial charge < -0.3 is 4.90 Å². The number of para-hydroxylation sites is 1. The van der Waals surface area contributed by atoms with Crippen molar-refractivity contribution in [2.24, 2.45) is 0 Å². The minimum absolute atomic E-state index is 0.523. The van der Waals surface area contributed by atoms with E-state index in [0.717, 1.165) is 22.6 Å². The van der Waals surface area contributed by atoms with Crippen LogP contribution in [0.25, 0.3) is 55.3 Å². The zero-order chi connectivity index (χ0) is 48.3. The molecule has 0 amide bonds. The van der Waals surface area contributed by atoms with Gasteiger partial charge in [-0.1, -0.05) is 273 Å². The summed E-state index contributed by atoms with van der Waals surface area (Å²) in [6.07, 6.45) is 0. The summed E-state index contributed by atoms with van der Waals surface area (Å²) in [7, 11) is 0. The molecule has 73 heavy (non-hydrogen) atoms. The molecule has 0 saturated carbocycles. The Morgan fingerprint density at radius 3 is 1.19 bits per heavy atom. The third kappa shape index (κ3) is 6.35. The molecule has 0 aliphatic heterocycles. The van der Waals surface area contributed by atoms with Crippen molar-refractivity contribution in [2.45, 2.75) is 10.8 Å². The summed E-state index contributed by atoms with van der Waals surface area (Å²) >= 11 is 0. The van der Waals surface area contributed by atoms with Gasteiger partial charge in [0.1, 0.15) is 0 Å². The van der Waals surface area contributed by atoms with Gasteiger partial charge in [0.15, 0.2) is 0 Å². The minimum atomic E-state index is -0.564. The number of anilines is 3. The molecule has 2 aliphatic rings. The molecule has 14 rings (SSSR count). The maximum atomic E-state index is 2.55. The molecule has 342 valence electrons. The molecule has 2 aliphatic carbocycles. The Labute approximate surface area is 427 Å². The molecule has 0 bridgehead atoms. The van der Waals surface area contributed by atoms with Crippen LogP contribution in [0.3, 0.4) is 0 Å². The van der Waals surface area contributed by atoms with Gasteiger partial charge >= 0.3 is 0 Å². The Hall–Kier alpha value is -9.30. The van der Waals surface area contributed by atoms with E-state index in [4.69, 9.17) is 0 Å². The molecule has 12 aromatic carbocycles. The first kappa shape index (κ1) is 42.6. The lowest BCUT2D eigenvalue weighted by Crippen LogP contribution is -2.28. The molecule has 0 aromatic heterocycles. The molecular weight excluding hydrogens is 879 g/mol. The maximum absolute atomic E-state index is 2.55. The third-order valence-corrected chi connectivity index (χ3v) is 15.8. The van der Waals surface area contributed by atoms with Gasteiger partial charge in [-0.05, 0) is 113 Å². The van der Waals surface area contributed by atoms with Crippen molar-refractivity contribution in [3.63, 3.8) is 0 Å². The van der Waals surface area contributed by atoms with E-state index in [-0.39, 0.29) is 0 Å². The zero-order valence-electron chi connectivity index (χ0n) is 40.2. The van der Waals surface area contributed by atoms with Crippen LogP contribution in [0.1, 0.15) is 44.5 Å². The van der Waals surface area contributed by atoms with Crippen molar-refractivity contribution in [2.75, 3.05) is 4.90 Å². The van der Waals surface area contributed by atoms with Gasteiger partial charge in [0, 0.05) is 16.8 Å². The number of rotatable bonds is 9. The van der Waals surface area contributed by atoms with Crippen LogP contribution in [0.15, 0.2) is 297 Å². The van der Waals surface area contributed by atoms with Gasteiger partial charge in [-0.2, -0.15) is 0 Å². The molecule has 0 spiro atoms. The van der Waals surface area contributed by atoms with E-state index < -0.39 is 10.8 Å². The average Bonchev–Trinajstić information content (AvgIpc) is 3.95. The van der Waals surface area contributed by atoms with Crippen LogP contribution in [0.2, 0.25) is 0 Å². The Bertz CT molecular complexity index is 3920. The highest BCUT2D eigenvalue weighted by Gasteiger charge is 2.48. The van der Waals surface area contributed by atoms with Crippen LogP contribution in [0.5, 0.6) is 0 Å². The number of nitrogens with zero attached hydrogens (tertiary/aromatic N) is 1. The van der Waals surface area contributed by atoms with Crippen LogP contribution >= 0.6 is 0 Å². The van der Waals surface area contributed by atoms with Crippen molar-refractivity contribution in [3.05, 3.63) is 342 Å². The fourth-order valence-electron chi connectivity index (χ4n) is 13.0. The van der Waals surface area contributed by atoms with E-state index >= 15 is 0 Å². The van der Waals surface area contributed by atoms with E-state index in [2.05, 4.69) is 302 Å². The molecule has 12 aromatic rings. The van der Waals surface area contributed by atoms with Gasteiger partial charge in [-0.25, -0.2) is 0 Å². The number of hydrogen-bond donors (Lipinski definition) is 0. The molecule has 0 heterocycles. The second kappa shape index (κ2) is 17.2. The number of benzene rings is 12. The first-order chi connectivity index (χ1) is 36.3. The summed E-state index contributed by atoms with van der Waals surface area (Å²) in [5.41, 5.74) is 22.1.